The van der Waals surface area contributed by atoms with Crippen molar-refractivity contribution in [2.24, 2.45) is 0 Å². The van der Waals surface area contributed by atoms with E-state index in [0.29, 0.717) is 11.6 Å². The molecule has 96 valence electrons. The topological polar surface area (TPSA) is 45.2 Å². The maximum atomic E-state index is 12.7. The molecule has 1 aromatic rings. The first-order valence-corrected chi connectivity index (χ1v) is 6.40. The predicted molar refractivity (Wildman–Crippen MR) is 64.7 cm³/mol. The fraction of sp³-hybridized carbons (Fsp3) is 0.538. The Bertz CT molecular complexity index is 448. The monoisotopic (exact) mass is 249 g/mol. The first kappa shape index (κ1) is 11.6. The fourth-order valence-corrected chi connectivity index (χ4v) is 3.01. The molecule has 1 N–H and O–H groups in total. The third kappa shape index (κ3) is 2.10. The predicted octanol–water partition coefficient (Wildman–Crippen LogP) is 1.19. The quantitative estimate of drug-likeness (QED) is 0.801. The summed E-state index contributed by atoms with van der Waals surface area (Å²) in [6.07, 6.45) is 4.67. The maximum absolute atomic E-state index is 12.7. The smallest absolute Gasteiger partial charge is 0.253 e. The van der Waals surface area contributed by atoms with Crippen LogP contribution in [0.4, 0.5) is 4.39 Å². The van der Waals surface area contributed by atoms with Crippen molar-refractivity contribution in [1.29, 1.82) is 0 Å². The number of aromatic nitrogens is 1. The van der Waals surface area contributed by atoms with E-state index in [4.69, 9.17) is 0 Å². The molecule has 1 amide bonds. The van der Waals surface area contributed by atoms with Crippen LogP contribution in [0, 0.1) is 5.95 Å². The zero-order valence-corrected chi connectivity index (χ0v) is 10.1. The number of nitrogens with one attached hydrogen (secondary N) is 1. The Morgan fingerprint density at radius 2 is 2.28 bits per heavy atom. The molecule has 3 heterocycles. The van der Waals surface area contributed by atoms with Crippen LogP contribution in [0.1, 0.15) is 29.6 Å². The van der Waals surface area contributed by atoms with Crippen LogP contribution in [0.25, 0.3) is 0 Å². The van der Waals surface area contributed by atoms with Crippen LogP contribution in [0.3, 0.4) is 0 Å². The SMILES string of the molecule is O=C(NC1CCN2CCCC12)c1ccc(F)nc1. The summed E-state index contributed by atoms with van der Waals surface area (Å²) in [7, 11) is 0. The maximum Gasteiger partial charge on any atom is 0.253 e. The Labute approximate surface area is 105 Å². The molecule has 2 saturated heterocycles. The lowest BCUT2D eigenvalue weighted by molar-refractivity contribution is 0.0929. The van der Waals surface area contributed by atoms with E-state index in [-0.39, 0.29) is 11.9 Å². The molecule has 2 aliphatic rings. The summed E-state index contributed by atoms with van der Waals surface area (Å²) in [5.74, 6) is -0.712. The first-order chi connectivity index (χ1) is 8.74. The number of pyridine rings is 1. The van der Waals surface area contributed by atoms with E-state index < -0.39 is 5.95 Å². The van der Waals surface area contributed by atoms with E-state index in [1.54, 1.807) is 0 Å². The van der Waals surface area contributed by atoms with Crippen molar-refractivity contribution in [2.75, 3.05) is 13.1 Å². The number of carbonyl (C=O) groups is 1. The Morgan fingerprint density at radius 3 is 3.06 bits per heavy atom. The van der Waals surface area contributed by atoms with Crippen LogP contribution in [0.15, 0.2) is 18.3 Å². The van der Waals surface area contributed by atoms with Crippen molar-refractivity contribution in [1.82, 2.24) is 15.2 Å². The normalized spacial score (nSPS) is 27.2. The molecule has 2 unspecified atom stereocenters. The summed E-state index contributed by atoms with van der Waals surface area (Å²) in [5.41, 5.74) is 0.424. The molecule has 1 aromatic heterocycles. The third-order valence-electron chi connectivity index (χ3n) is 3.91. The lowest BCUT2D eigenvalue weighted by atomic mass is 10.1. The average molecular weight is 249 g/mol. The number of rotatable bonds is 2. The summed E-state index contributed by atoms with van der Waals surface area (Å²) in [5, 5.41) is 3.04. The van der Waals surface area contributed by atoms with Gasteiger partial charge in [0, 0.05) is 24.8 Å². The van der Waals surface area contributed by atoms with Crippen molar-refractivity contribution < 1.29 is 9.18 Å². The van der Waals surface area contributed by atoms with Crippen LogP contribution < -0.4 is 5.32 Å². The molecule has 3 rings (SSSR count). The highest BCUT2D eigenvalue weighted by atomic mass is 19.1. The fourth-order valence-electron chi connectivity index (χ4n) is 3.01. The summed E-state index contributed by atoms with van der Waals surface area (Å²) in [4.78, 5) is 18.0. The zero-order chi connectivity index (χ0) is 12.5. The number of hydrogen-bond acceptors (Lipinski definition) is 3. The summed E-state index contributed by atoms with van der Waals surface area (Å²) >= 11 is 0. The molecule has 0 radical (unpaired) electrons. The van der Waals surface area contributed by atoms with Crippen molar-refractivity contribution in [3.63, 3.8) is 0 Å². The molecule has 0 aliphatic carbocycles. The number of halogens is 1. The van der Waals surface area contributed by atoms with Gasteiger partial charge in [0.2, 0.25) is 5.95 Å². The number of carbonyl (C=O) groups excluding carboxylic acids is 1. The van der Waals surface area contributed by atoms with Gasteiger partial charge in [-0.2, -0.15) is 4.39 Å². The molecule has 4 nitrogen and oxygen atoms in total. The van der Waals surface area contributed by atoms with Crippen LogP contribution in [-0.4, -0.2) is 41.0 Å². The number of hydrogen-bond donors (Lipinski definition) is 1. The molecule has 0 spiro atoms. The Kier molecular flexibility index (Phi) is 2.99. The third-order valence-corrected chi connectivity index (χ3v) is 3.91. The van der Waals surface area contributed by atoms with E-state index in [0.717, 1.165) is 25.9 Å². The van der Waals surface area contributed by atoms with Gasteiger partial charge in [-0.15, -0.1) is 0 Å². The lowest BCUT2D eigenvalue weighted by Gasteiger charge is -2.21. The van der Waals surface area contributed by atoms with Gasteiger partial charge in [-0.25, -0.2) is 4.98 Å². The molecule has 0 saturated carbocycles. The number of nitrogens with zero attached hydrogens (tertiary/aromatic N) is 2. The molecule has 2 atom stereocenters. The number of fused-ring (bicyclic) bond motifs is 1. The van der Waals surface area contributed by atoms with Gasteiger partial charge in [0.25, 0.3) is 5.91 Å². The van der Waals surface area contributed by atoms with Gasteiger partial charge in [-0.3, -0.25) is 9.69 Å². The van der Waals surface area contributed by atoms with Crippen molar-refractivity contribution in [3.05, 3.63) is 29.8 Å². The second-order valence-corrected chi connectivity index (χ2v) is 4.98. The van der Waals surface area contributed by atoms with E-state index in [2.05, 4.69) is 15.2 Å². The van der Waals surface area contributed by atoms with Gasteiger partial charge in [-0.1, -0.05) is 0 Å². The minimum absolute atomic E-state index is 0.152. The second-order valence-electron chi connectivity index (χ2n) is 4.98. The largest absolute Gasteiger partial charge is 0.348 e. The van der Waals surface area contributed by atoms with Crippen molar-refractivity contribution in [3.8, 4) is 0 Å². The van der Waals surface area contributed by atoms with Gasteiger partial charge in [0.05, 0.1) is 5.56 Å². The molecule has 2 aliphatic heterocycles. The summed E-state index contributed by atoms with van der Waals surface area (Å²) in [6, 6.07) is 3.40. The Morgan fingerprint density at radius 1 is 1.39 bits per heavy atom. The highest BCUT2D eigenvalue weighted by Gasteiger charge is 2.37. The van der Waals surface area contributed by atoms with Crippen molar-refractivity contribution in [2.45, 2.75) is 31.3 Å². The molecule has 0 aromatic carbocycles. The van der Waals surface area contributed by atoms with Crippen LogP contribution >= 0.6 is 0 Å². The van der Waals surface area contributed by atoms with Gasteiger partial charge in [0.1, 0.15) is 0 Å². The molecule has 2 fully saturated rings. The van der Waals surface area contributed by atoms with Crippen LogP contribution in [0.2, 0.25) is 0 Å². The van der Waals surface area contributed by atoms with E-state index in [1.165, 1.54) is 24.8 Å². The minimum Gasteiger partial charge on any atom is -0.348 e. The van der Waals surface area contributed by atoms with Gasteiger partial charge >= 0.3 is 0 Å². The van der Waals surface area contributed by atoms with E-state index in [9.17, 15) is 9.18 Å². The second kappa shape index (κ2) is 4.65. The van der Waals surface area contributed by atoms with Crippen LogP contribution in [-0.2, 0) is 0 Å². The number of amides is 1. The lowest BCUT2D eigenvalue weighted by Crippen LogP contribution is -2.42. The van der Waals surface area contributed by atoms with E-state index in [1.807, 2.05) is 0 Å². The Hall–Kier alpha value is -1.49. The van der Waals surface area contributed by atoms with Crippen molar-refractivity contribution >= 4 is 5.91 Å². The molecule has 5 heteroatoms. The first-order valence-electron chi connectivity index (χ1n) is 6.40. The highest BCUT2D eigenvalue weighted by molar-refractivity contribution is 5.94. The standard InChI is InChI=1S/C13H16FN3O/c14-12-4-3-9(8-15-12)13(18)16-10-5-7-17-6-1-2-11(10)17/h3-4,8,10-11H,1-2,5-7H2,(H,16,18). The molecule has 18 heavy (non-hydrogen) atoms. The van der Waals surface area contributed by atoms with Gasteiger partial charge in [-0.05, 0) is 37.9 Å². The summed E-state index contributed by atoms with van der Waals surface area (Å²) in [6.45, 7) is 2.21. The van der Waals surface area contributed by atoms with E-state index >= 15 is 0 Å². The average Bonchev–Trinajstić information content (AvgIpc) is 2.95. The van der Waals surface area contributed by atoms with Gasteiger partial charge in [0.15, 0.2) is 0 Å². The zero-order valence-electron chi connectivity index (χ0n) is 10.1. The summed E-state index contributed by atoms with van der Waals surface area (Å²) < 4.78 is 12.7. The molecular formula is C13H16FN3O. The van der Waals surface area contributed by atoms with Gasteiger partial charge < -0.3 is 5.32 Å². The Balaban J connectivity index is 1.66. The molecular weight excluding hydrogens is 233 g/mol. The minimum atomic E-state index is -0.561. The molecule has 0 bridgehead atoms. The highest BCUT2D eigenvalue weighted by Crippen LogP contribution is 2.27. The van der Waals surface area contributed by atoms with Crippen LogP contribution in [0.5, 0.6) is 0 Å².